The lowest BCUT2D eigenvalue weighted by Gasteiger charge is -2.14. The molecule has 3 rings (SSSR count). The van der Waals surface area contributed by atoms with Crippen LogP contribution in [0.1, 0.15) is 43.4 Å². The molecule has 1 fully saturated rings. The van der Waals surface area contributed by atoms with Crippen LogP contribution in [-0.2, 0) is 23.1 Å². The third-order valence-corrected chi connectivity index (χ3v) is 4.44. The summed E-state index contributed by atoms with van der Waals surface area (Å²) >= 11 is 0. The highest BCUT2D eigenvalue weighted by Crippen LogP contribution is 2.47. The van der Waals surface area contributed by atoms with Crippen LogP contribution in [0.15, 0.2) is 24.3 Å². The second-order valence-electron chi connectivity index (χ2n) is 6.28. The summed E-state index contributed by atoms with van der Waals surface area (Å²) in [4.78, 5) is 4.87. The van der Waals surface area contributed by atoms with Gasteiger partial charge in [-0.15, -0.1) is 0 Å². The third-order valence-electron chi connectivity index (χ3n) is 4.44. The molecule has 0 bridgehead atoms. The van der Waals surface area contributed by atoms with Gasteiger partial charge >= 0.3 is 0 Å². The predicted octanol–water partition coefficient (Wildman–Crippen LogP) is 2.97. The van der Waals surface area contributed by atoms with Gasteiger partial charge in [-0.2, -0.15) is 5.10 Å². The van der Waals surface area contributed by atoms with Gasteiger partial charge in [0.25, 0.3) is 0 Å². The molecular formula is C18H25N3O2. The van der Waals surface area contributed by atoms with Gasteiger partial charge in [0.15, 0.2) is 5.82 Å². The van der Waals surface area contributed by atoms with Gasteiger partial charge in [-0.1, -0.05) is 25.1 Å². The average molecular weight is 315 g/mol. The first kappa shape index (κ1) is 16.0. The zero-order valence-electron chi connectivity index (χ0n) is 14.2. The maximum absolute atomic E-state index is 5.44. The van der Waals surface area contributed by atoms with Crippen LogP contribution in [0.25, 0.3) is 0 Å². The van der Waals surface area contributed by atoms with Crippen molar-refractivity contribution >= 4 is 0 Å². The Labute approximate surface area is 137 Å². The number of hydrogen-bond donors (Lipinski definition) is 0. The Kier molecular flexibility index (Phi) is 4.66. The van der Waals surface area contributed by atoms with Gasteiger partial charge in [0.2, 0.25) is 0 Å². The fourth-order valence-electron chi connectivity index (χ4n) is 3.10. The molecule has 5 heteroatoms. The standard InChI is InChI=1S/C18H25N3O2/c1-4-11-21-17(18(9-10-18)13-22-2)19-16(20-21)12-14-7-5-6-8-15(14)23-3/h5-8H,4,9-13H2,1-3H3. The van der Waals surface area contributed by atoms with Crippen LogP contribution in [0, 0.1) is 0 Å². The molecule has 0 spiro atoms. The van der Waals surface area contributed by atoms with E-state index < -0.39 is 0 Å². The molecule has 1 aromatic heterocycles. The van der Waals surface area contributed by atoms with E-state index in [0.29, 0.717) is 6.42 Å². The molecule has 0 amide bonds. The third kappa shape index (κ3) is 3.24. The molecule has 0 unspecified atom stereocenters. The monoisotopic (exact) mass is 315 g/mol. The van der Waals surface area contributed by atoms with E-state index in [4.69, 9.17) is 19.6 Å². The first-order valence-corrected chi connectivity index (χ1v) is 8.27. The minimum atomic E-state index is 0.0793. The predicted molar refractivity (Wildman–Crippen MR) is 88.9 cm³/mol. The first-order valence-electron chi connectivity index (χ1n) is 8.27. The lowest BCUT2D eigenvalue weighted by Crippen LogP contribution is -2.20. The molecule has 0 saturated heterocycles. The molecule has 1 saturated carbocycles. The van der Waals surface area contributed by atoms with Gasteiger partial charge in [0.1, 0.15) is 11.6 Å². The minimum absolute atomic E-state index is 0.0793. The van der Waals surface area contributed by atoms with Crippen LogP contribution in [0.5, 0.6) is 5.75 Å². The molecule has 124 valence electrons. The summed E-state index contributed by atoms with van der Waals surface area (Å²) in [5.74, 6) is 2.84. The van der Waals surface area contributed by atoms with Crippen LogP contribution in [0.2, 0.25) is 0 Å². The van der Waals surface area contributed by atoms with Gasteiger partial charge in [0.05, 0.1) is 19.1 Å². The highest BCUT2D eigenvalue weighted by Gasteiger charge is 2.48. The van der Waals surface area contributed by atoms with Crippen molar-refractivity contribution in [1.29, 1.82) is 0 Å². The van der Waals surface area contributed by atoms with Crippen LogP contribution >= 0.6 is 0 Å². The molecule has 1 aromatic carbocycles. The summed E-state index contributed by atoms with van der Waals surface area (Å²) in [5.41, 5.74) is 1.20. The fraction of sp³-hybridized carbons (Fsp3) is 0.556. The van der Waals surface area contributed by atoms with Crippen LogP contribution < -0.4 is 4.74 Å². The summed E-state index contributed by atoms with van der Waals surface area (Å²) in [5, 5.41) is 4.75. The van der Waals surface area contributed by atoms with E-state index in [1.807, 2.05) is 18.2 Å². The first-order chi connectivity index (χ1) is 11.2. The number of aromatic nitrogens is 3. The van der Waals surface area contributed by atoms with Crippen molar-refractivity contribution in [2.75, 3.05) is 20.8 Å². The zero-order valence-corrected chi connectivity index (χ0v) is 14.2. The number of hydrogen-bond acceptors (Lipinski definition) is 4. The normalized spacial score (nSPS) is 15.6. The minimum Gasteiger partial charge on any atom is -0.496 e. The number of aryl methyl sites for hydroxylation is 1. The number of para-hydroxylation sites is 1. The quantitative estimate of drug-likeness (QED) is 0.751. The molecule has 0 radical (unpaired) electrons. The van der Waals surface area contributed by atoms with Gasteiger partial charge in [0, 0.05) is 25.6 Å². The van der Waals surface area contributed by atoms with Crippen LogP contribution in [0.3, 0.4) is 0 Å². The smallest absolute Gasteiger partial charge is 0.155 e. The van der Waals surface area contributed by atoms with E-state index in [9.17, 15) is 0 Å². The summed E-state index contributed by atoms with van der Waals surface area (Å²) in [6.07, 6.45) is 4.01. The van der Waals surface area contributed by atoms with Crippen molar-refractivity contribution in [3.05, 3.63) is 41.5 Å². The lowest BCUT2D eigenvalue weighted by molar-refractivity contribution is 0.166. The highest BCUT2D eigenvalue weighted by molar-refractivity contribution is 5.35. The number of benzene rings is 1. The van der Waals surface area contributed by atoms with Crippen molar-refractivity contribution in [1.82, 2.24) is 14.8 Å². The molecule has 0 N–H and O–H groups in total. The molecule has 0 aliphatic heterocycles. The summed E-state index contributed by atoms with van der Waals surface area (Å²) in [6.45, 7) is 3.80. The summed E-state index contributed by atoms with van der Waals surface area (Å²) < 4.78 is 12.9. The maximum atomic E-state index is 5.44. The Bertz CT molecular complexity index is 662. The van der Waals surface area contributed by atoms with Crippen LogP contribution in [-0.4, -0.2) is 35.6 Å². The van der Waals surface area contributed by atoms with Crippen molar-refractivity contribution in [2.24, 2.45) is 0 Å². The van der Waals surface area contributed by atoms with Crippen LogP contribution in [0.4, 0.5) is 0 Å². The highest BCUT2D eigenvalue weighted by atomic mass is 16.5. The fourth-order valence-corrected chi connectivity index (χ4v) is 3.10. The maximum Gasteiger partial charge on any atom is 0.155 e. The van der Waals surface area contributed by atoms with E-state index in [1.165, 1.54) is 0 Å². The van der Waals surface area contributed by atoms with E-state index in [-0.39, 0.29) is 5.41 Å². The van der Waals surface area contributed by atoms with Gasteiger partial charge in [-0.3, -0.25) is 0 Å². The Balaban J connectivity index is 1.89. The molecule has 1 heterocycles. The molecule has 1 aliphatic rings. The van der Waals surface area contributed by atoms with Crippen molar-refractivity contribution < 1.29 is 9.47 Å². The van der Waals surface area contributed by atoms with Gasteiger partial charge < -0.3 is 9.47 Å². The Morgan fingerprint density at radius 3 is 2.65 bits per heavy atom. The number of nitrogens with zero attached hydrogens (tertiary/aromatic N) is 3. The average Bonchev–Trinajstić information content (AvgIpc) is 3.23. The molecule has 23 heavy (non-hydrogen) atoms. The summed E-state index contributed by atoms with van der Waals surface area (Å²) in [6, 6.07) is 8.05. The number of rotatable bonds is 8. The number of ether oxygens (including phenoxy) is 2. The van der Waals surface area contributed by atoms with E-state index in [0.717, 1.165) is 55.4 Å². The van der Waals surface area contributed by atoms with E-state index in [1.54, 1.807) is 14.2 Å². The van der Waals surface area contributed by atoms with Gasteiger partial charge in [-0.25, -0.2) is 9.67 Å². The Morgan fingerprint density at radius 2 is 2.00 bits per heavy atom. The SMILES string of the molecule is CCCn1nc(Cc2ccccc2OC)nc1C1(COC)CC1. The summed E-state index contributed by atoms with van der Waals surface area (Å²) in [7, 11) is 3.46. The van der Waals surface area contributed by atoms with Crippen molar-refractivity contribution in [3.63, 3.8) is 0 Å². The van der Waals surface area contributed by atoms with E-state index >= 15 is 0 Å². The number of methoxy groups -OCH3 is 2. The van der Waals surface area contributed by atoms with Crippen molar-refractivity contribution in [3.8, 4) is 5.75 Å². The second kappa shape index (κ2) is 6.71. The molecule has 1 aliphatic carbocycles. The van der Waals surface area contributed by atoms with E-state index in [2.05, 4.69) is 17.7 Å². The lowest BCUT2D eigenvalue weighted by atomic mass is 10.1. The van der Waals surface area contributed by atoms with Gasteiger partial charge in [-0.05, 0) is 25.3 Å². The Morgan fingerprint density at radius 1 is 1.22 bits per heavy atom. The molecule has 5 nitrogen and oxygen atoms in total. The largest absolute Gasteiger partial charge is 0.496 e. The second-order valence-corrected chi connectivity index (χ2v) is 6.28. The molecule has 0 atom stereocenters. The molecule has 2 aromatic rings. The Hall–Kier alpha value is -1.88. The topological polar surface area (TPSA) is 49.2 Å². The zero-order chi connectivity index (χ0) is 16.3. The molecular weight excluding hydrogens is 290 g/mol. The van der Waals surface area contributed by atoms with Crippen molar-refractivity contribution in [2.45, 2.75) is 44.6 Å².